The van der Waals surface area contributed by atoms with Gasteiger partial charge < -0.3 is 4.52 Å². The highest BCUT2D eigenvalue weighted by molar-refractivity contribution is 7.89. The van der Waals surface area contributed by atoms with Crippen molar-refractivity contribution in [1.82, 2.24) is 14.4 Å². The van der Waals surface area contributed by atoms with Crippen molar-refractivity contribution in [2.45, 2.75) is 44.4 Å². The van der Waals surface area contributed by atoms with Crippen molar-refractivity contribution in [3.63, 3.8) is 0 Å². The van der Waals surface area contributed by atoms with Gasteiger partial charge in [-0.05, 0) is 37.1 Å². The maximum absolute atomic E-state index is 12.6. The number of sulfonamides is 1. The largest absolute Gasteiger partial charge is 0.339 e. The Kier molecular flexibility index (Phi) is 4.01. The molecule has 2 aromatic rings. The van der Waals surface area contributed by atoms with Gasteiger partial charge in [0.15, 0.2) is 5.82 Å². The Labute approximate surface area is 136 Å². The molecule has 7 heteroatoms. The van der Waals surface area contributed by atoms with Gasteiger partial charge in [0.2, 0.25) is 15.9 Å². The summed E-state index contributed by atoms with van der Waals surface area (Å²) in [6.07, 6.45) is 0. The van der Waals surface area contributed by atoms with E-state index in [0.29, 0.717) is 29.7 Å². The molecule has 23 heavy (non-hydrogen) atoms. The van der Waals surface area contributed by atoms with Crippen molar-refractivity contribution < 1.29 is 12.9 Å². The van der Waals surface area contributed by atoms with Crippen LogP contribution >= 0.6 is 0 Å². The molecule has 1 aliphatic heterocycles. The highest BCUT2D eigenvalue weighted by Gasteiger charge is 2.40. The summed E-state index contributed by atoms with van der Waals surface area (Å²) in [6.45, 7) is 8.63. The van der Waals surface area contributed by atoms with E-state index in [1.54, 1.807) is 12.1 Å². The van der Waals surface area contributed by atoms with E-state index in [1.165, 1.54) is 4.31 Å². The highest BCUT2D eigenvalue weighted by Crippen LogP contribution is 2.32. The quantitative estimate of drug-likeness (QED) is 0.858. The average Bonchev–Trinajstić information content (AvgIpc) is 2.89. The van der Waals surface area contributed by atoms with E-state index in [4.69, 9.17) is 4.52 Å². The van der Waals surface area contributed by atoms with Crippen molar-refractivity contribution in [1.29, 1.82) is 0 Å². The van der Waals surface area contributed by atoms with Gasteiger partial charge in [0.25, 0.3) is 0 Å². The standard InChI is InChI=1S/C16H21N3O3S/c1-10(2)15-17-16(22-18-15)13-8-19(9-13)23(20,21)14-6-5-11(3)12(4)7-14/h5-7,10,13H,8-9H2,1-4H3. The first-order chi connectivity index (χ1) is 10.8. The minimum atomic E-state index is -3.45. The fraction of sp³-hybridized carbons (Fsp3) is 0.500. The van der Waals surface area contributed by atoms with Crippen LogP contribution in [0.5, 0.6) is 0 Å². The van der Waals surface area contributed by atoms with E-state index in [2.05, 4.69) is 10.1 Å². The van der Waals surface area contributed by atoms with Crippen molar-refractivity contribution in [3.8, 4) is 0 Å². The Balaban J connectivity index is 1.73. The Morgan fingerprint density at radius 1 is 1.22 bits per heavy atom. The summed E-state index contributed by atoms with van der Waals surface area (Å²) in [6, 6.07) is 5.22. The monoisotopic (exact) mass is 335 g/mol. The summed E-state index contributed by atoms with van der Waals surface area (Å²) in [5.74, 6) is 1.37. The lowest BCUT2D eigenvalue weighted by molar-refractivity contribution is 0.216. The Hall–Kier alpha value is -1.73. The molecular formula is C16H21N3O3S. The molecular weight excluding hydrogens is 314 g/mol. The average molecular weight is 335 g/mol. The van der Waals surface area contributed by atoms with Crippen LogP contribution in [-0.4, -0.2) is 36.0 Å². The lowest BCUT2D eigenvalue weighted by atomic mass is 10.0. The molecule has 0 aliphatic carbocycles. The number of nitrogens with zero attached hydrogens (tertiary/aromatic N) is 3. The molecule has 0 atom stereocenters. The van der Waals surface area contributed by atoms with E-state index < -0.39 is 10.0 Å². The summed E-state index contributed by atoms with van der Waals surface area (Å²) >= 11 is 0. The molecule has 0 unspecified atom stereocenters. The zero-order valence-corrected chi connectivity index (χ0v) is 14.6. The van der Waals surface area contributed by atoms with Crippen LogP contribution < -0.4 is 0 Å². The molecule has 0 bridgehead atoms. The molecule has 3 rings (SSSR count). The van der Waals surface area contributed by atoms with Crippen LogP contribution in [0.2, 0.25) is 0 Å². The van der Waals surface area contributed by atoms with Crippen LogP contribution in [0.15, 0.2) is 27.6 Å². The molecule has 6 nitrogen and oxygen atoms in total. The van der Waals surface area contributed by atoms with E-state index in [1.807, 2.05) is 33.8 Å². The molecule has 2 heterocycles. The number of benzene rings is 1. The van der Waals surface area contributed by atoms with Crippen LogP contribution in [0.4, 0.5) is 0 Å². The van der Waals surface area contributed by atoms with Crippen molar-refractivity contribution in [3.05, 3.63) is 41.0 Å². The highest BCUT2D eigenvalue weighted by atomic mass is 32.2. The van der Waals surface area contributed by atoms with Gasteiger partial charge in [-0.15, -0.1) is 0 Å². The van der Waals surface area contributed by atoms with Gasteiger partial charge in [0.1, 0.15) is 0 Å². The van der Waals surface area contributed by atoms with E-state index in [-0.39, 0.29) is 11.8 Å². The Morgan fingerprint density at radius 2 is 1.91 bits per heavy atom. The zero-order valence-electron chi connectivity index (χ0n) is 13.8. The first-order valence-electron chi connectivity index (χ1n) is 7.70. The summed E-state index contributed by atoms with van der Waals surface area (Å²) in [7, 11) is -3.45. The van der Waals surface area contributed by atoms with Gasteiger partial charge in [-0.3, -0.25) is 0 Å². The molecule has 1 aromatic heterocycles. The van der Waals surface area contributed by atoms with E-state index >= 15 is 0 Å². The summed E-state index contributed by atoms with van der Waals surface area (Å²) < 4.78 is 32.0. The summed E-state index contributed by atoms with van der Waals surface area (Å²) in [4.78, 5) is 4.69. The van der Waals surface area contributed by atoms with Gasteiger partial charge in [-0.2, -0.15) is 9.29 Å². The third-order valence-corrected chi connectivity index (χ3v) is 6.11. The number of aromatic nitrogens is 2. The SMILES string of the molecule is Cc1ccc(S(=O)(=O)N2CC(c3nc(C(C)C)no3)C2)cc1C. The number of hydrogen-bond acceptors (Lipinski definition) is 5. The molecule has 0 amide bonds. The molecule has 1 aliphatic rings. The van der Waals surface area contributed by atoms with E-state index in [9.17, 15) is 8.42 Å². The summed E-state index contributed by atoms with van der Waals surface area (Å²) in [5, 5.41) is 3.93. The maximum Gasteiger partial charge on any atom is 0.243 e. The Bertz CT molecular complexity index is 821. The minimum absolute atomic E-state index is 0.0173. The van der Waals surface area contributed by atoms with Crippen molar-refractivity contribution >= 4 is 10.0 Å². The molecule has 0 radical (unpaired) electrons. The predicted octanol–water partition coefficient (Wildman–Crippen LogP) is 2.60. The molecule has 1 aromatic carbocycles. The summed E-state index contributed by atoms with van der Waals surface area (Å²) in [5.41, 5.74) is 2.05. The third-order valence-electron chi connectivity index (χ3n) is 4.29. The first-order valence-corrected chi connectivity index (χ1v) is 9.14. The van der Waals surface area contributed by atoms with E-state index in [0.717, 1.165) is 11.1 Å². The van der Waals surface area contributed by atoms with Crippen LogP contribution in [0.25, 0.3) is 0 Å². The van der Waals surface area contributed by atoms with Gasteiger partial charge >= 0.3 is 0 Å². The predicted molar refractivity (Wildman–Crippen MR) is 85.8 cm³/mol. The topological polar surface area (TPSA) is 76.3 Å². The minimum Gasteiger partial charge on any atom is -0.339 e. The zero-order chi connectivity index (χ0) is 16.8. The second kappa shape index (κ2) is 5.72. The van der Waals surface area contributed by atoms with Gasteiger partial charge in [0, 0.05) is 19.0 Å². The molecule has 0 saturated carbocycles. The van der Waals surface area contributed by atoms with Crippen molar-refractivity contribution in [2.24, 2.45) is 0 Å². The number of hydrogen-bond donors (Lipinski definition) is 0. The number of rotatable bonds is 4. The fourth-order valence-electron chi connectivity index (χ4n) is 2.46. The third kappa shape index (κ3) is 2.90. The molecule has 0 N–H and O–H groups in total. The first kappa shape index (κ1) is 16.1. The lowest BCUT2D eigenvalue weighted by Crippen LogP contribution is -2.48. The van der Waals surface area contributed by atoms with Crippen LogP contribution in [0.3, 0.4) is 0 Å². The maximum atomic E-state index is 12.6. The van der Waals surface area contributed by atoms with Crippen molar-refractivity contribution in [2.75, 3.05) is 13.1 Å². The molecule has 1 saturated heterocycles. The normalized spacial score (nSPS) is 16.7. The smallest absolute Gasteiger partial charge is 0.243 e. The molecule has 0 spiro atoms. The number of aryl methyl sites for hydroxylation is 2. The fourth-order valence-corrected chi connectivity index (χ4v) is 4.08. The second-order valence-corrected chi connectivity index (χ2v) is 8.35. The van der Waals surface area contributed by atoms with Gasteiger partial charge in [0.05, 0.1) is 10.8 Å². The second-order valence-electron chi connectivity index (χ2n) is 6.41. The molecule has 1 fully saturated rings. The van der Waals surface area contributed by atoms with Gasteiger partial charge in [-0.25, -0.2) is 8.42 Å². The molecule has 124 valence electrons. The van der Waals surface area contributed by atoms with Crippen LogP contribution in [0, 0.1) is 13.8 Å². The lowest BCUT2D eigenvalue weighted by Gasteiger charge is -2.35. The van der Waals surface area contributed by atoms with Gasteiger partial charge in [-0.1, -0.05) is 25.1 Å². The van der Waals surface area contributed by atoms with Crippen LogP contribution in [0.1, 0.15) is 48.5 Å². The Morgan fingerprint density at radius 3 is 2.48 bits per heavy atom. The van der Waals surface area contributed by atoms with Crippen LogP contribution in [-0.2, 0) is 10.0 Å².